The third-order valence-corrected chi connectivity index (χ3v) is 1.86. The molecule has 1 heterocycles. The van der Waals surface area contributed by atoms with Crippen molar-refractivity contribution in [2.45, 2.75) is 32.2 Å². The lowest BCUT2D eigenvalue weighted by atomic mass is 9.96. The predicted molar refractivity (Wildman–Crippen MR) is 39.5 cm³/mol. The molecule has 1 aliphatic heterocycles. The summed E-state index contributed by atoms with van der Waals surface area (Å²) in [6.45, 7) is 5.66. The van der Waals surface area contributed by atoms with Crippen LogP contribution in [0.5, 0.6) is 0 Å². The van der Waals surface area contributed by atoms with Crippen molar-refractivity contribution in [2.75, 3.05) is 0 Å². The second-order valence-electron chi connectivity index (χ2n) is 2.87. The van der Waals surface area contributed by atoms with Gasteiger partial charge in [-0.3, -0.25) is 0 Å². The van der Waals surface area contributed by atoms with Gasteiger partial charge in [-0.25, -0.2) is 0 Å². The monoisotopic (exact) mass is 142 g/mol. The summed E-state index contributed by atoms with van der Waals surface area (Å²) in [5.74, 6) is 0.429. The van der Waals surface area contributed by atoms with Gasteiger partial charge in [-0.2, -0.15) is 0 Å². The first-order chi connectivity index (χ1) is 4.72. The second-order valence-corrected chi connectivity index (χ2v) is 2.87. The maximum Gasteiger partial charge on any atom is 0.155 e. The van der Waals surface area contributed by atoms with Crippen LogP contribution in [-0.2, 0) is 4.74 Å². The van der Waals surface area contributed by atoms with Crippen LogP contribution in [0.1, 0.15) is 19.8 Å². The van der Waals surface area contributed by atoms with Crippen LogP contribution in [0.4, 0.5) is 0 Å². The van der Waals surface area contributed by atoms with Crippen molar-refractivity contribution in [3.63, 3.8) is 0 Å². The highest BCUT2D eigenvalue weighted by molar-refractivity contribution is 4.83. The third kappa shape index (κ3) is 1.82. The van der Waals surface area contributed by atoms with E-state index in [-0.39, 0.29) is 6.10 Å². The van der Waals surface area contributed by atoms with Gasteiger partial charge in [0.1, 0.15) is 0 Å². The number of allylic oxidation sites excluding steroid dienone is 1. The van der Waals surface area contributed by atoms with E-state index in [1.165, 1.54) is 0 Å². The molecule has 1 fully saturated rings. The Kier molecular flexibility index (Phi) is 2.46. The van der Waals surface area contributed by atoms with Crippen LogP contribution in [0.3, 0.4) is 0 Å². The lowest BCUT2D eigenvalue weighted by Crippen LogP contribution is -2.29. The summed E-state index contributed by atoms with van der Waals surface area (Å²) in [6, 6.07) is 0. The van der Waals surface area contributed by atoms with Gasteiger partial charge in [0.25, 0.3) is 0 Å². The number of hydrogen-bond acceptors (Lipinski definition) is 2. The molecule has 1 saturated heterocycles. The molecular formula is C8H14O2. The van der Waals surface area contributed by atoms with E-state index in [0.29, 0.717) is 12.3 Å². The van der Waals surface area contributed by atoms with Crippen molar-refractivity contribution in [3.8, 4) is 0 Å². The van der Waals surface area contributed by atoms with E-state index in [1.807, 2.05) is 13.0 Å². The van der Waals surface area contributed by atoms with Crippen LogP contribution in [0, 0.1) is 5.92 Å². The molecule has 10 heavy (non-hydrogen) atoms. The van der Waals surface area contributed by atoms with E-state index in [9.17, 15) is 0 Å². The highest BCUT2D eigenvalue weighted by Crippen LogP contribution is 2.23. The molecule has 0 aromatic carbocycles. The molecule has 2 nitrogen and oxygen atoms in total. The van der Waals surface area contributed by atoms with Gasteiger partial charge >= 0.3 is 0 Å². The molecule has 58 valence electrons. The summed E-state index contributed by atoms with van der Waals surface area (Å²) in [5.41, 5.74) is 0. The second kappa shape index (κ2) is 3.17. The zero-order valence-electron chi connectivity index (χ0n) is 6.29. The Morgan fingerprint density at radius 3 is 2.80 bits per heavy atom. The molecular weight excluding hydrogens is 128 g/mol. The largest absolute Gasteiger partial charge is 0.368 e. The molecule has 0 amide bonds. The third-order valence-electron chi connectivity index (χ3n) is 1.86. The summed E-state index contributed by atoms with van der Waals surface area (Å²) in [5, 5.41) is 9.11. The Balaban J connectivity index is 2.42. The van der Waals surface area contributed by atoms with Crippen LogP contribution in [0.15, 0.2) is 12.7 Å². The fraction of sp³-hybridized carbons (Fsp3) is 0.750. The first-order valence-electron chi connectivity index (χ1n) is 3.68. The van der Waals surface area contributed by atoms with Gasteiger partial charge in [0.2, 0.25) is 0 Å². The van der Waals surface area contributed by atoms with Crippen LogP contribution >= 0.6 is 0 Å². The standard InChI is InChI=1S/C8H14O2/c1-3-7-4-6(2)10-8(9)5-7/h3,6-9H,1,4-5H2,2H3/t6?,7-,8?/m0/s1. The van der Waals surface area contributed by atoms with Crippen molar-refractivity contribution in [1.29, 1.82) is 0 Å². The fourth-order valence-electron chi connectivity index (χ4n) is 1.35. The summed E-state index contributed by atoms with van der Waals surface area (Å²) < 4.78 is 5.13. The summed E-state index contributed by atoms with van der Waals surface area (Å²) in [6.07, 6.45) is 3.18. The molecule has 0 aromatic rings. The van der Waals surface area contributed by atoms with E-state index >= 15 is 0 Å². The molecule has 2 heteroatoms. The molecule has 1 N–H and O–H groups in total. The minimum atomic E-state index is -0.577. The van der Waals surface area contributed by atoms with Gasteiger partial charge in [0, 0.05) is 6.42 Å². The predicted octanol–water partition coefficient (Wildman–Crippen LogP) is 1.31. The Bertz CT molecular complexity index is 112. The molecule has 3 atom stereocenters. The minimum Gasteiger partial charge on any atom is -0.368 e. The molecule has 0 aromatic heterocycles. The van der Waals surface area contributed by atoms with E-state index in [4.69, 9.17) is 9.84 Å². The molecule has 0 saturated carbocycles. The van der Waals surface area contributed by atoms with Gasteiger partial charge in [0.05, 0.1) is 6.10 Å². The van der Waals surface area contributed by atoms with Crippen molar-refractivity contribution in [3.05, 3.63) is 12.7 Å². The maximum atomic E-state index is 9.11. The van der Waals surface area contributed by atoms with E-state index in [0.717, 1.165) is 6.42 Å². The van der Waals surface area contributed by atoms with Crippen LogP contribution in [-0.4, -0.2) is 17.5 Å². The molecule has 1 rings (SSSR count). The van der Waals surface area contributed by atoms with Crippen molar-refractivity contribution >= 4 is 0 Å². The van der Waals surface area contributed by atoms with Crippen molar-refractivity contribution in [2.24, 2.45) is 5.92 Å². The van der Waals surface area contributed by atoms with Gasteiger partial charge in [-0.15, -0.1) is 6.58 Å². The van der Waals surface area contributed by atoms with Crippen molar-refractivity contribution < 1.29 is 9.84 Å². The van der Waals surface area contributed by atoms with Gasteiger partial charge < -0.3 is 9.84 Å². The smallest absolute Gasteiger partial charge is 0.155 e. The quantitative estimate of drug-likeness (QED) is 0.559. The Morgan fingerprint density at radius 1 is 1.60 bits per heavy atom. The first kappa shape index (κ1) is 7.76. The van der Waals surface area contributed by atoms with Gasteiger partial charge in [0.15, 0.2) is 6.29 Å². The van der Waals surface area contributed by atoms with E-state index < -0.39 is 6.29 Å². The number of rotatable bonds is 1. The van der Waals surface area contributed by atoms with Crippen LogP contribution < -0.4 is 0 Å². The van der Waals surface area contributed by atoms with E-state index in [1.54, 1.807) is 0 Å². The maximum absolute atomic E-state index is 9.11. The molecule has 2 unspecified atom stereocenters. The molecule has 1 aliphatic rings. The molecule has 0 bridgehead atoms. The first-order valence-corrected chi connectivity index (χ1v) is 3.68. The average molecular weight is 142 g/mol. The fourth-order valence-corrected chi connectivity index (χ4v) is 1.35. The number of hydrogen-bond donors (Lipinski definition) is 1. The van der Waals surface area contributed by atoms with Crippen LogP contribution in [0.25, 0.3) is 0 Å². The number of aliphatic hydroxyl groups excluding tert-OH is 1. The zero-order valence-corrected chi connectivity index (χ0v) is 6.29. The van der Waals surface area contributed by atoms with Gasteiger partial charge in [-0.1, -0.05) is 6.08 Å². The summed E-state index contributed by atoms with van der Waals surface area (Å²) in [4.78, 5) is 0. The van der Waals surface area contributed by atoms with Crippen molar-refractivity contribution in [1.82, 2.24) is 0 Å². The highest BCUT2D eigenvalue weighted by atomic mass is 16.6. The Labute approximate surface area is 61.5 Å². The SMILES string of the molecule is C=C[C@H]1CC(C)OC(O)C1. The highest BCUT2D eigenvalue weighted by Gasteiger charge is 2.22. The zero-order chi connectivity index (χ0) is 7.56. The molecule has 0 aliphatic carbocycles. The lowest BCUT2D eigenvalue weighted by molar-refractivity contribution is -0.166. The molecule has 0 radical (unpaired) electrons. The average Bonchev–Trinajstić information content (AvgIpc) is 1.85. The molecule has 0 spiro atoms. The lowest BCUT2D eigenvalue weighted by Gasteiger charge is -2.28. The Morgan fingerprint density at radius 2 is 2.30 bits per heavy atom. The summed E-state index contributed by atoms with van der Waals surface area (Å²) in [7, 11) is 0. The number of ether oxygens (including phenoxy) is 1. The van der Waals surface area contributed by atoms with E-state index in [2.05, 4.69) is 6.58 Å². The number of aliphatic hydroxyl groups is 1. The van der Waals surface area contributed by atoms with Crippen LogP contribution in [0.2, 0.25) is 0 Å². The van der Waals surface area contributed by atoms with Gasteiger partial charge in [-0.05, 0) is 19.3 Å². The Hall–Kier alpha value is -0.340. The normalized spacial score (nSPS) is 41.2. The summed E-state index contributed by atoms with van der Waals surface area (Å²) >= 11 is 0. The topological polar surface area (TPSA) is 29.5 Å². The minimum absolute atomic E-state index is 0.173.